The minimum absolute atomic E-state index is 0.0494. The fourth-order valence-corrected chi connectivity index (χ4v) is 6.40. The molecule has 0 radical (unpaired) electrons. The summed E-state index contributed by atoms with van der Waals surface area (Å²) in [4.78, 5) is 12.1. The Balaban J connectivity index is 1.32. The van der Waals surface area contributed by atoms with Crippen molar-refractivity contribution in [1.29, 1.82) is 0 Å². The molecule has 0 bridgehead atoms. The fraction of sp³-hybridized carbons (Fsp3) is 0.407. The Morgan fingerprint density at radius 2 is 1.97 bits per heavy atom. The Morgan fingerprint density at radius 3 is 2.74 bits per heavy atom. The lowest BCUT2D eigenvalue weighted by Crippen LogP contribution is -2.46. The van der Waals surface area contributed by atoms with Gasteiger partial charge in [-0.2, -0.15) is 13.2 Å². The van der Waals surface area contributed by atoms with Crippen molar-refractivity contribution >= 4 is 39.9 Å². The van der Waals surface area contributed by atoms with Crippen LogP contribution in [0.1, 0.15) is 35.8 Å². The van der Waals surface area contributed by atoms with E-state index in [0.717, 1.165) is 49.8 Å². The van der Waals surface area contributed by atoms with Crippen LogP contribution in [0.5, 0.6) is 0 Å². The average molecular weight is 564 g/mol. The van der Waals surface area contributed by atoms with Crippen molar-refractivity contribution in [3.8, 4) is 0 Å². The van der Waals surface area contributed by atoms with Gasteiger partial charge in [-0.05, 0) is 55.2 Å². The van der Waals surface area contributed by atoms with E-state index >= 15 is 0 Å². The summed E-state index contributed by atoms with van der Waals surface area (Å²) in [7, 11) is 2.00. The molecular weight excluding hydrogens is 536 g/mol. The number of fused-ring (bicyclic) bond motifs is 3. The number of pyridine rings is 1. The van der Waals surface area contributed by atoms with Crippen LogP contribution in [0.25, 0.3) is 10.9 Å². The second-order valence-corrected chi connectivity index (χ2v) is 11.1. The van der Waals surface area contributed by atoms with Crippen molar-refractivity contribution in [2.24, 2.45) is 7.05 Å². The molecule has 2 aliphatic heterocycles. The fourth-order valence-electron chi connectivity index (χ4n) is 6.01. The van der Waals surface area contributed by atoms with E-state index in [0.29, 0.717) is 17.4 Å². The number of benzene rings is 1. The van der Waals surface area contributed by atoms with Crippen LogP contribution >= 0.6 is 23.2 Å². The Labute approximate surface area is 228 Å². The van der Waals surface area contributed by atoms with E-state index in [-0.39, 0.29) is 17.1 Å². The number of halogens is 5. The highest BCUT2D eigenvalue weighted by Gasteiger charge is 2.38. The lowest BCUT2D eigenvalue weighted by molar-refractivity contribution is -0.671. The molecule has 1 unspecified atom stereocenters. The summed E-state index contributed by atoms with van der Waals surface area (Å²) < 4.78 is 44.7. The van der Waals surface area contributed by atoms with E-state index in [4.69, 9.17) is 23.2 Å². The highest BCUT2D eigenvalue weighted by molar-refractivity contribution is 6.31. The van der Waals surface area contributed by atoms with Crippen molar-refractivity contribution in [2.45, 2.75) is 44.1 Å². The third kappa shape index (κ3) is 4.76. The number of nitrogens with one attached hydrogen (secondary N) is 1. The minimum Gasteiger partial charge on any atom is -0.357 e. The number of hydrogen-bond acceptors (Lipinski definition) is 3. The lowest BCUT2D eigenvalue weighted by Gasteiger charge is -2.38. The van der Waals surface area contributed by atoms with Gasteiger partial charge < -0.3 is 9.88 Å². The molecule has 1 aromatic carbocycles. The third-order valence-electron chi connectivity index (χ3n) is 7.75. The SMILES string of the molecule is C[n+]1ccn(CC2c3[nH]c4ccc(Cl)cc4c3CCN2C[C@@H]2CCCN2c2ccc(Cl)c(C(F)(F)F)n2)c1. The first-order valence-electron chi connectivity index (χ1n) is 12.7. The van der Waals surface area contributed by atoms with Crippen LogP contribution in [0, 0.1) is 0 Å². The molecule has 6 rings (SSSR count). The van der Waals surface area contributed by atoms with Crippen molar-refractivity contribution in [1.82, 2.24) is 19.4 Å². The van der Waals surface area contributed by atoms with Crippen molar-refractivity contribution in [3.05, 3.63) is 76.0 Å². The molecule has 5 heterocycles. The zero-order chi connectivity index (χ0) is 26.6. The smallest absolute Gasteiger partial charge is 0.357 e. The largest absolute Gasteiger partial charge is 0.434 e. The van der Waals surface area contributed by atoms with Gasteiger partial charge in [0.15, 0.2) is 5.69 Å². The molecule has 1 fully saturated rings. The standard InChI is InChI=1S/C27H28Cl2F3N6/c1-35-11-12-36(16-35)15-23-25-19(20-13-17(28)4-6-22(20)33-25)8-10-37(23)14-18-3-2-9-38(18)24-7-5-21(29)26(34-24)27(30,31)32/h4-7,11-13,16,18,23,33H,2-3,8-10,14-15H2,1H3/q+1/t18-,23?/m0/s1. The molecule has 3 aromatic heterocycles. The molecule has 1 N–H and O–H groups in total. The Morgan fingerprint density at radius 1 is 1.13 bits per heavy atom. The zero-order valence-electron chi connectivity index (χ0n) is 20.8. The maximum atomic E-state index is 13.5. The maximum Gasteiger partial charge on any atom is 0.434 e. The number of imidazole rings is 1. The molecule has 4 aromatic rings. The number of alkyl halides is 3. The Bertz CT molecular complexity index is 1480. The number of H-pyrrole nitrogens is 1. The van der Waals surface area contributed by atoms with E-state index < -0.39 is 11.9 Å². The van der Waals surface area contributed by atoms with Gasteiger partial charge in [-0.3, -0.25) is 4.90 Å². The van der Waals surface area contributed by atoms with E-state index in [1.807, 2.05) is 40.9 Å². The summed E-state index contributed by atoms with van der Waals surface area (Å²) in [6, 6.07) is 8.98. The molecule has 0 saturated carbocycles. The van der Waals surface area contributed by atoms with Gasteiger partial charge >= 0.3 is 6.18 Å². The Hall–Kier alpha value is -2.75. The molecule has 200 valence electrons. The number of aromatic nitrogens is 4. The number of hydrogen-bond donors (Lipinski definition) is 1. The molecular formula is C27H28Cl2F3N6+. The number of nitrogens with zero attached hydrogens (tertiary/aromatic N) is 5. The number of aryl methyl sites for hydroxylation is 1. The summed E-state index contributed by atoms with van der Waals surface area (Å²) in [6.45, 7) is 2.98. The molecule has 2 atom stereocenters. The molecule has 6 nitrogen and oxygen atoms in total. The summed E-state index contributed by atoms with van der Waals surface area (Å²) in [6.07, 6.45) is 4.20. The van der Waals surface area contributed by atoms with Gasteiger partial charge in [0.1, 0.15) is 24.8 Å². The van der Waals surface area contributed by atoms with Crippen LogP contribution < -0.4 is 9.47 Å². The Kier molecular flexibility index (Phi) is 6.56. The van der Waals surface area contributed by atoms with Crippen LogP contribution in [-0.2, 0) is 26.2 Å². The van der Waals surface area contributed by atoms with Crippen LogP contribution in [0.2, 0.25) is 10.0 Å². The first kappa shape index (κ1) is 25.5. The third-order valence-corrected chi connectivity index (χ3v) is 8.29. The van der Waals surface area contributed by atoms with Gasteiger partial charge in [0.25, 0.3) is 0 Å². The second kappa shape index (κ2) is 9.77. The van der Waals surface area contributed by atoms with E-state index in [9.17, 15) is 13.2 Å². The number of anilines is 1. The lowest BCUT2D eigenvalue weighted by atomic mass is 9.96. The first-order chi connectivity index (χ1) is 18.2. The monoisotopic (exact) mass is 563 g/mol. The zero-order valence-corrected chi connectivity index (χ0v) is 22.4. The predicted molar refractivity (Wildman–Crippen MR) is 142 cm³/mol. The van der Waals surface area contributed by atoms with Crippen molar-refractivity contribution in [3.63, 3.8) is 0 Å². The van der Waals surface area contributed by atoms with Gasteiger partial charge in [-0.25, -0.2) is 14.1 Å². The van der Waals surface area contributed by atoms with Crippen molar-refractivity contribution in [2.75, 3.05) is 24.5 Å². The van der Waals surface area contributed by atoms with Crippen LogP contribution in [0.3, 0.4) is 0 Å². The second-order valence-electron chi connectivity index (χ2n) is 10.2. The van der Waals surface area contributed by atoms with Gasteiger partial charge in [-0.15, -0.1) is 0 Å². The first-order valence-corrected chi connectivity index (χ1v) is 13.5. The minimum atomic E-state index is -4.60. The molecule has 0 spiro atoms. The van der Waals surface area contributed by atoms with E-state index in [2.05, 4.69) is 32.0 Å². The quantitative estimate of drug-likeness (QED) is 0.313. The highest BCUT2D eigenvalue weighted by Crippen LogP contribution is 2.39. The van der Waals surface area contributed by atoms with Crippen molar-refractivity contribution < 1.29 is 17.7 Å². The molecule has 0 aliphatic carbocycles. The molecule has 2 aliphatic rings. The molecule has 1 saturated heterocycles. The van der Waals surface area contributed by atoms with Crippen LogP contribution in [0.15, 0.2) is 49.1 Å². The summed E-state index contributed by atoms with van der Waals surface area (Å²) in [5, 5.41) is 1.49. The van der Waals surface area contributed by atoms with E-state index in [1.165, 1.54) is 17.3 Å². The number of rotatable bonds is 5. The van der Waals surface area contributed by atoms with Gasteiger partial charge in [0.05, 0.1) is 18.1 Å². The molecule has 0 amide bonds. The molecule has 38 heavy (non-hydrogen) atoms. The summed E-state index contributed by atoms with van der Waals surface area (Å²) >= 11 is 12.2. The topological polar surface area (TPSA) is 44.0 Å². The summed E-state index contributed by atoms with van der Waals surface area (Å²) in [5.74, 6) is 0.330. The summed E-state index contributed by atoms with van der Waals surface area (Å²) in [5.41, 5.74) is 2.51. The molecule has 11 heteroatoms. The highest BCUT2D eigenvalue weighted by atomic mass is 35.5. The van der Waals surface area contributed by atoms with Gasteiger partial charge in [0, 0.05) is 47.3 Å². The van der Waals surface area contributed by atoms with Gasteiger partial charge in [0.2, 0.25) is 6.33 Å². The van der Waals surface area contributed by atoms with Crippen LogP contribution in [0.4, 0.5) is 19.0 Å². The average Bonchev–Trinajstić information content (AvgIpc) is 3.59. The number of aromatic amines is 1. The van der Waals surface area contributed by atoms with Crippen LogP contribution in [-0.4, -0.2) is 45.1 Å². The van der Waals surface area contributed by atoms with E-state index in [1.54, 1.807) is 6.07 Å². The maximum absolute atomic E-state index is 13.5. The normalized spacial score (nSPS) is 20.4. The van der Waals surface area contributed by atoms with Gasteiger partial charge in [-0.1, -0.05) is 23.2 Å². The predicted octanol–water partition coefficient (Wildman–Crippen LogP) is 5.78.